The van der Waals surface area contributed by atoms with Crippen molar-refractivity contribution in [1.29, 1.82) is 0 Å². The van der Waals surface area contributed by atoms with Crippen LogP contribution in [0.3, 0.4) is 0 Å². The number of hydrogen-bond donors (Lipinski definition) is 3. The van der Waals surface area contributed by atoms with E-state index in [1.165, 1.54) is 11.3 Å². The Morgan fingerprint density at radius 3 is 2.63 bits per heavy atom. The zero-order chi connectivity index (χ0) is 21.8. The number of benzene rings is 1. The second kappa shape index (κ2) is 9.14. The maximum absolute atomic E-state index is 12.3. The average Bonchev–Trinajstić information content (AvgIpc) is 3.21. The molecule has 3 rings (SSSR count). The van der Waals surface area contributed by atoms with Crippen molar-refractivity contribution in [1.82, 2.24) is 25.1 Å². The number of rotatable bonds is 7. The van der Waals surface area contributed by atoms with Crippen molar-refractivity contribution >= 4 is 40.5 Å². The highest BCUT2D eigenvalue weighted by atomic mass is 32.1. The van der Waals surface area contributed by atoms with Gasteiger partial charge < -0.3 is 10.6 Å². The lowest BCUT2D eigenvalue weighted by Gasteiger charge is -2.07. The highest BCUT2D eigenvalue weighted by molar-refractivity contribution is 7.71. The summed E-state index contributed by atoms with van der Waals surface area (Å²) in [6.07, 6.45) is 1.73. The SMILES string of the molecule is C=CCn1c(-c2sc(NC(=O)CNC(=O)c3cc(C)cc(C)c3)nc2C)n[nH]c1=S. The van der Waals surface area contributed by atoms with Crippen LogP contribution in [0.1, 0.15) is 27.2 Å². The number of hydrogen-bond acceptors (Lipinski definition) is 6. The van der Waals surface area contributed by atoms with Crippen LogP contribution in [-0.2, 0) is 11.3 Å². The van der Waals surface area contributed by atoms with E-state index in [2.05, 4.69) is 32.4 Å². The fraction of sp³-hybridized carbons (Fsp3) is 0.250. The van der Waals surface area contributed by atoms with Crippen molar-refractivity contribution in [3.8, 4) is 10.7 Å². The molecule has 0 spiro atoms. The minimum atomic E-state index is -0.363. The van der Waals surface area contributed by atoms with Gasteiger partial charge in [-0.15, -0.1) is 6.58 Å². The number of allylic oxidation sites excluding steroid dienone is 1. The molecule has 0 unspecified atom stereocenters. The minimum Gasteiger partial charge on any atom is -0.343 e. The van der Waals surface area contributed by atoms with Gasteiger partial charge in [-0.05, 0) is 45.1 Å². The maximum atomic E-state index is 12.3. The Balaban J connectivity index is 1.67. The molecule has 0 saturated heterocycles. The van der Waals surface area contributed by atoms with Gasteiger partial charge in [0, 0.05) is 12.1 Å². The van der Waals surface area contributed by atoms with Crippen molar-refractivity contribution in [2.24, 2.45) is 0 Å². The first-order chi connectivity index (χ1) is 14.3. The van der Waals surface area contributed by atoms with E-state index in [1.54, 1.807) is 22.8 Å². The minimum absolute atomic E-state index is 0.158. The molecular weight excluding hydrogens is 420 g/mol. The van der Waals surface area contributed by atoms with Gasteiger partial charge in [-0.1, -0.05) is 34.6 Å². The molecule has 0 saturated carbocycles. The third kappa shape index (κ3) is 4.89. The molecule has 2 amide bonds. The molecule has 2 aromatic heterocycles. The Morgan fingerprint density at radius 2 is 1.97 bits per heavy atom. The largest absolute Gasteiger partial charge is 0.343 e. The number of nitrogens with one attached hydrogen (secondary N) is 3. The van der Waals surface area contributed by atoms with Gasteiger partial charge in [-0.2, -0.15) is 5.10 Å². The second-order valence-corrected chi connectivity index (χ2v) is 8.18. The van der Waals surface area contributed by atoms with Gasteiger partial charge in [0.15, 0.2) is 15.7 Å². The molecule has 156 valence electrons. The van der Waals surface area contributed by atoms with E-state index in [1.807, 2.05) is 26.8 Å². The quantitative estimate of drug-likeness (QED) is 0.383. The van der Waals surface area contributed by atoms with Crippen LogP contribution in [0.2, 0.25) is 0 Å². The summed E-state index contributed by atoms with van der Waals surface area (Å²) >= 11 is 6.53. The summed E-state index contributed by atoms with van der Waals surface area (Å²) in [5, 5.41) is 12.8. The average molecular weight is 443 g/mol. The van der Waals surface area contributed by atoms with Gasteiger partial charge in [0.1, 0.15) is 0 Å². The topological polar surface area (TPSA) is 105 Å². The molecule has 0 aliphatic rings. The molecule has 0 atom stereocenters. The molecule has 2 heterocycles. The molecule has 0 aliphatic heterocycles. The summed E-state index contributed by atoms with van der Waals surface area (Å²) < 4.78 is 2.29. The number of carbonyl (C=O) groups excluding carboxylic acids is 2. The summed E-state index contributed by atoms with van der Waals surface area (Å²) in [4.78, 5) is 29.8. The van der Waals surface area contributed by atoms with Crippen molar-refractivity contribution in [2.75, 3.05) is 11.9 Å². The fourth-order valence-electron chi connectivity index (χ4n) is 2.98. The van der Waals surface area contributed by atoms with Crippen LogP contribution in [0.15, 0.2) is 30.9 Å². The van der Waals surface area contributed by atoms with E-state index < -0.39 is 0 Å². The highest BCUT2D eigenvalue weighted by Gasteiger charge is 2.17. The Morgan fingerprint density at radius 1 is 1.27 bits per heavy atom. The number of aromatic amines is 1. The van der Waals surface area contributed by atoms with E-state index >= 15 is 0 Å². The lowest BCUT2D eigenvalue weighted by atomic mass is 10.1. The predicted molar refractivity (Wildman–Crippen MR) is 120 cm³/mol. The van der Waals surface area contributed by atoms with E-state index in [9.17, 15) is 9.59 Å². The molecular formula is C20H22N6O2S2. The molecule has 10 heteroatoms. The molecule has 0 bridgehead atoms. The third-order valence-corrected chi connectivity index (χ3v) is 5.59. The van der Waals surface area contributed by atoms with Crippen LogP contribution in [0.5, 0.6) is 0 Å². The first-order valence-electron chi connectivity index (χ1n) is 9.18. The lowest BCUT2D eigenvalue weighted by molar-refractivity contribution is -0.115. The second-order valence-electron chi connectivity index (χ2n) is 6.79. The van der Waals surface area contributed by atoms with Crippen molar-refractivity contribution in [2.45, 2.75) is 27.3 Å². The van der Waals surface area contributed by atoms with Gasteiger partial charge in [0.25, 0.3) is 5.91 Å². The van der Waals surface area contributed by atoms with E-state index in [4.69, 9.17) is 12.2 Å². The number of aryl methyl sites for hydroxylation is 3. The van der Waals surface area contributed by atoms with E-state index in [0.29, 0.717) is 33.5 Å². The Bertz CT molecular complexity index is 1150. The number of thiazole rings is 1. The van der Waals surface area contributed by atoms with Crippen LogP contribution in [0.4, 0.5) is 5.13 Å². The number of nitrogens with zero attached hydrogens (tertiary/aromatic N) is 3. The molecule has 3 N–H and O–H groups in total. The van der Waals surface area contributed by atoms with Crippen LogP contribution >= 0.6 is 23.6 Å². The molecule has 30 heavy (non-hydrogen) atoms. The molecule has 0 fully saturated rings. The predicted octanol–water partition coefficient (Wildman–Crippen LogP) is 3.54. The fourth-order valence-corrected chi connectivity index (χ4v) is 4.17. The monoisotopic (exact) mass is 442 g/mol. The van der Waals surface area contributed by atoms with Crippen molar-refractivity contribution in [3.63, 3.8) is 0 Å². The number of amides is 2. The van der Waals surface area contributed by atoms with E-state index in [-0.39, 0.29) is 18.4 Å². The van der Waals surface area contributed by atoms with Gasteiger partial charge >= 0.3 is 0 Å². The number of aromatic nitrogens is 4. The molecule has 0 radical (unpaired) electrons. The van der Waals surface area contributed by atoms with Gasteiger partial charge in [-0.25, -0.2) is 4.98 Å². The van der Waals surface area contributed by atoms with Crippen LogP contribution in [-0.4, -0.2) is 38.1 Å². The molecule has 1 aromatic carbocycles. The summed E-state index contributed by atoms with van der Waals surface area (Å²) in [6.45, 7) is 9.76. The van der Waals surface area contributed by atoms with Crippen LogP contribution in [0.25, 0.3) is 10.7 Å². The Labute approximate surface area is 183 Å². The smallest absolute Gasteiger partial charge is 0.251 e. The normalized spacial score (nSPS) is 10.6. The standard InChI is InChI=1S/C20H22N6O2S2/c1-5-6-26-17(24-25-20(26)29)16-13(4)22-19(30-16)23-15(27)10-21-18(28)14-8-11(2)7-12(3)9-14/h5,7-9H,1,6,10H2,2-4H3,(H,21,28)(H,25,29)(H,22,23,27). The first kappa shape index (κ1) is 21.6. The van der Waals surface area contributed by atoms with Crippen molar-refractivity contribution < 1.29 is 9.59 Å². The summed E-state index contributed by atoms with van der Waals surface area (Å²) in [5.41, 5.74) is 3.22. The summed E-state index contributed by atoms with van der Waals surface area (Å²) in [5.74, 6) is -0.0237. The van der Waals surface area contributed by atoms with Gasteiger partial charge in [-0.3, -0.25) is 19.3 Å². The number of carbonyl (C=O) groups is 2. The molecule has 8 nitrogen and oxygen atoms in total. The van der Waals surface area contributed by atoms with Crippen molar-refractivity contribution in [3.05, 3.63) is 58.0 Å². The zero-order valence-electron chi connectivity index (χ0n) is 16.9. The Hall–Kier alpha value is -3.11. The number of H-pyrrole nitrogens is 1. The van der Waals surface area contributed by atoms with Crippen LogP contribution < -0.4 is 10.6 Å². The Kier molecular flexibility index (Phi) is 6.58. The lowest BCUT2D eigenvalue weighted by Crippen LogP contribution is -2.32. The first-order valence-corrected chi connectivity index (χ1v) is 10.4. The van der Waals surface area contributed by atoms with Gasteiger partial charge in [0.05, 0.1) is 17.1 Å². The highest BCUT2D eigenvalue weighted by Crippen LogP contribution is 2.31. The molecule has 0 aliphatic carbocycles. The number of anilines is 1. The summed E-state index contributed by atoms with van der Waals surface area (Å²) in [6, 6.07) is 5.55. The third-order valence-electron chi connectivity index (χ3n) is 4.21. The maximum Gasteiger partial charge on any atom is 0.251 e. The van der Waals surface area contributed by atoms with Gasteiger partial charge in [0.2, 0.25) is 5.91 Å². The van der Waals surface area contributed by atoms with Crippen LogP contribution in [0, 0.1) is 25.5 Å². The summed E-state index contributed by atoms with van der Waals surface area (Å²) in [7, 11) is 0. The van der Waals surface area contributed by atoms with E-state index in [0.717, 1.165) is 16.0 Å². The molecule has 3 aromatic rings. The zero-order valence-corrected chi connectivity index (χ0v) is 18.5.